The number of pyridine rings is 1. The molecule has 0 aliphatic heterocycles. The summed E-state index contributed by atoms with van der Waals surface area (Å²) in [5.41, 5.74) is 1.94. The molecule has 0 N–H and O–H groups in total. The maximum absolute atomic E-state index is 5.58. The molecular formula is C18H13NO. The van der Waals surface area contributed by atoms with Crippen molar-refractivity contribution >= 4 is 10.8 Å². The van der Waals surface area contributed by atoms with E-state index in [1.807, 2.05) is 54.6 Å². The zero-order valence-electron chi connectivity index (χ0n) is 10.9. The topological polar surface area (TPSA) is 22.1 Å². The number of rotatable bonds is 3. The van der Waals surface area contributed by atoms with Crippen LogP contribution in [0.1, 0.15) is 0 Å². The van der Waals surface area contributed by atoms with Crippen molar-refractivity contribution in [1.29, 1.82) is 0 Å². The van der Waals surface area contributed by atoms with Crippen molar-refractivity contribution < 1.29 is 4.74 Å². The fourth-order valence-electron chi connectivity index (χ4n) is 2.14. The van der Waals surface area contributed by atoms with Gasteiger partial charge in [0.2, 0.25) is 5.88 Å². The first-order chi connectivity index (χ1) is 9.88. The highest BCUT2D eigenvalue weighted by molar-refractivity contribution is 5.90. The van der Waals surface area contributed by atoms with Gasteiger partial charge in [-0.15, -0.1) is 6.42 Å². The van der Waals surface area contributed by atoms with E-state index in [1.54, 1.807) is 0 Å². The predicted octanol–water partition coefficient (Wildman–Crippen LogP) is 3.91. The lowest BCUT2D eigenvalue weighted by Crippen LogP contribution is -1.98. The smallest absolute Gasteiger partial charge is 0.222 e. The summed E-state index contributed by atoms with van der Waals surface area (Å²) in [6, 6.07) is 20.1. The monoisotopic (exact) mass is 259 g/mol. The molecule has 3 aromatic rings. The lowest BCUT2D eigenvalue weighted by molar-refractivity contribution is 0.361. The Morgan fingerprint density at radius 1 is 1.00 bits per heavy atom. The van der Waals surface area contributed by atoms with Gasteiger partial charge in [0.25, 0.3) is 0 Å². The average Bonchev–Trinajstić information content (AvgIpc) is 2.53. The Kier molecular flexibility index (Phi) is 3.34. The molecule has 0 bridgehead atoms. The molecule has 0 saturated carbocycles. The molecule has 0 aliphatic carbocycles. The number of benzene rings is 2. The van der Waals surface area contributed by atoms with Gasteiger partial charge in [-0.3, -0.25) is 0 Å². The number of ether oxygens (including phenoxy) is 1. The van der Waals surface area contributed by atoms with Crippen LogP contribution in [0.4, 0.5) is 0 Å². The fraction of sp³-hybridized carbons (Fsp3) is 0.0556. The third-order valence-electron chi connectivity index (χ3n) is 3.07. The highest BCUT2D eigenvalue weighted by Gasteiger charge is 2.08. The Morgan fingerprint density at radius 2 is 1.75 bits per heavy atom. The molecule has 0 amide bonds. The molecule has 96 valence electrons. The van der Waals surface area contributed by atoms with E-state index in [2.05, 4.69) is 17.0 Å². The van der Waals surface area contributed by atoms with Crippen molar-refractivity contribution in [2.75, 3.05) is 6.61 Å². The van der Waals surface area contributed by atoms with Gasteiger partial charge in [-0.2, -0.15) is 0 Å². The summed E-state index contributed by atoms with van der Waals surface area (Å²) >= 11 is 0. The molecule has 1 heterocycles. The van der Waals surface area contributed by atoms with Crippen LogP contribution < -0.4 is 4.74 Å². The molecule has 0 fully saturated rings. The van der Waals surface area contributed by atoms with E-state index in [4.69, 9.17) is 11.2 Å². The molecule has 0 spiro atoms. The highest BCUT2D eigenvalue weighted by atomic mass is 16.5. The van der Waals surface area contributed by atoms with Gasteiger partial charge in [0.1, 0.15) is 0 Å². The Balaban J connectivity index is 2.17. The van der Waals surface area contributed by atoms with E-state index in [0.29, 0.717) is 5.88 Å². The third-order valence-corrected chi connectivity index (χ3v) is 3.07. The Bertz CT molecular complexity index is 772. The van der Waals surface area contributed by atoms with Crippen LogP contribution in [-0.2, 0) is 0 Å². The van der Waals surface area contributed by atoms with Gasteiger partial charge in [-0.05, 0) is 17.5 Å². The van der Waals surface area contributed by atoms with Crippen LogP contribution in [0.15, 0.2) is 60.7 Å². The van der Waals surface area contributed by atoms with E-state index in [9.17, 15) is 0 Å². The number of hydrogen-bond acceptors (Lipinski definition) is 2. The number of hydrogen-bond donors (Lipinski definition) is 0. The van der Waals surface area contributed by atoms with Crippen LogP contribution in [0.3, 0.4) is 0 Å². The minimum absolute atomic E-state index is 0.217. The second-order valence-corrected chi connectivity index (χ2v) is 4.39. The first-order valence-electron chi connectivity index (χ1n) is 6.40. The largest absolute Gasteiger partial charge is 0.464 e. The van der Waals surface area contributed by atoms with Crippen molar-refractivity contribution in [3.8, 4) is 29.5 Å². The van der Waals surface area contributed by atoms with Gasteiger partial charge in [-0.1, -0.05) is 54.5 Å². The summed E-state index contributed by atoms with van der Waals surface area (Å²) in [6.07, 6.45) is 5.27. The lowest BCUT2D eigenvalue weighted by atomic mass is 10.1. The normalized spacial score (nSPS) is 10.2. The summed E-state index contributed by atoms with van der Waals surface area (Å²) in [5, 5.41) is 2.07. The number of nitrogens with zero attached hydrogens (tertiary/aromatic N) is 1. The van der Waals surface area contributed by atoms with E-state index in [1.165, 1.54) is 0 Å². The molecule has 0 atom stereocenters. The lowest BCUT2D eigenvalue weighted by Gasteiger charge is -2.09. The summed E-state index contributed by atoms with van der Waals surface area (Å²) in [7, 11) is 0. The van der Waals surface area contributed by atoms with E-state index >= 15 is 0 Å². The Hall–Kier alpha value is -2.79. The van der Waals surface area contributed by atoms with Crippen molar-refractivity contribution in [3.63, 3.8) is 0 Å². The Labute approximate surface area is 118 Å². The average molecular weight is 259 g/mol. The summed E-state index contributed by atoms with van der Waals surface area (Å²) < 4.78 is 5.58. The van der Waals surface area contributed by atoms with E-state index in [-0.39, 0.29) is 6.61 Å². The molecule has 20 heavy (non-hydrogen) atoms. The first-order valence-corrected chi connectivity index (χ1v) is 6.40. The molecule has 3 rings (SSSR count). The maximum atomic E-state index is 5.58. The van der Waals surface area contributed by atoms with Gasteiger partial charge in [0.15, 0.2) is 6.61 Å². The molecule has 2 heteroatoms. The van der Waals surface area contributed by atoms with Gasteiger partial charge in [0.05, 0.1) is 5.69 Å². The molecular weight excluding hydrogens is 246 g/mol. The van der Waals surface area contributed by atoms with Crippen LogP contribution in [-0.4, -0.2) is 11.6 Å². The molecule has 2 nitrogen and oxygen atoms in total. The molecule has 0 aliphatic rings. The molecule has 0 radical (unpaired) electrons. The van der Waals surface area contributed by atoms with Crippen LogP contribution >= 0.6 is 0 Å². The second kappa shape index (κ2) is 5.46. The second-order valence-electron chi connectivity index (χ2n) is 4.39. The van der Waals surface area contributed by atoms with E-state index in [0.717, 1.165) is 22.0 Å². The van der Waals surface area contributed by atoms with Crippen molar-refractivity contribution in [1.82, 2.24) is 4.98 Å². The van der Waals surface area contributed by atoms with Crippen LogP contribution in [0.5, 0.6) is 5.88 Å². The van der Waals surface area contributed by atoms with Crippen LogP contribution in [0.25, 0.3) is 22.0 Å². The predicted molar refractivity (Wildman–Crippen MR) is 81.5 cm³/mol. The van der Waals surface area contributed by atoms with Crippen molar-refractivity contribution in [2.24, 2.45) is 0 Å². The SMILES string of the molecule is C#CCOc1nc(-c2ccccc2)cc2ccccc12. The maximum Gasteiger partial charge on any atom is 0.222 e. The molecule has 0 saturated heterocycles. The number of aromatic nitrogens is 1. The van der Waals surface area contributed by atoms with Gasteiger partial charge in [0, 0.05) is 10.9 Å². The van der Waals surface area contributed by atoms with Crippen molar-refractivity contribution in [3.05, 3.63) is 60.7 Å². The number of fused-ring (bicyclic) bond motifs is 1. The quantitative estimate of drug-likeness (QED) is 0.665. The summed E-state index contributed by atoms with van der Waals surface area (Å²) in [5.74, 6) is 3.06. The summed E-state index contributed by atoms with van der Waals surface area (Å²) in [4.78, 5) is 4.59. The Morgan fingerprint density at radius 3 is 2.55 bits per heavy atom. The minimum Gasteiger partial charge on any atom is -0.464 e. The van der Waals surface area contributed by atoms with Gasteiger partial charge < -0.3 is 4.74 Å². The minimum atomic E-state index is 0.217. The molecule has 1 aromatic heterocycles. The molecule has 2 aromatic carbocycles. The molecule has 0 unspecified atom stereocenters. The number of terminal acetylenes is 1. The zero-order valence-corrected chi connectivity index (χ0v) is 10.9. The fourth-order valence-corrected chi connectivity index (χ4v) is 2.14. The standard InChI is InChI=1S/C18H13NO/c1-2-12-20-18-16-11-7-6-10-15(16)13-17(19-18)14-8-4-3-5-9-14/h1,3-11,13H,12H2. The highest BCUT2D eigenvalue weighted by Crippen LogP contribution is 2.28. The first kappa shape index (κ1) is 12.3. The third kappa shape index (κ3) is 2.34. The van der Waals surface area contributed by atoms with Gasteiger partial charge in [-0.25, -0.2) is 4.98 Å². The van der Waals surface area contributed by atoms with Gasteiger partial charge >= 0.3 is 0 Å². The van der Waals surface area contributed by atoms with E-state index < -0.39 is 0 Å². The zero-order chi connectivity index (χ0) is 13.8. The van der Waals surface area contributed by atoms with Crippen LogP contribution in [0, 0.1) is 12.3 Å². The van der Waals surface area contributed by atoms with Crippen LogP contribution in [0.2, 0.25) is 0 Å². The summed E-state index contributed by atoms with van der Waals surface area (Å²) in [6.45, 7) is 0.217. The van der Waals surface area contributed by atoms with Crippen molar-refractivity contribution in [2.45, 2.75) is 0 Å².